The van der Waals surface area contributed by atoms with E-state index in [2.05, 4.69) is 26.2 Å². The van der Waals surface area contributed by atoms with Crippen molar-refractivity contribution in [1.82, 2.24) is 15.0 Å². The molecular weight excluding hydrogens is 266 g/mol. The molecule has 1 N–H and O–H groups in total. The molecule has 0 radical (unpaired) electrons. The molecule has 0 aliphatic rings. The number of thiophene rings is 1. The molecule has 0 aromatic carbocycles. The summed E-state index contributed by atoms with van der Waals surface area (Å²) in [5.41, 5.74) is 1.88. The van der Waals surface area contributed by atoms with Crippen molar-refractivity contribution in [2.45, 2.75) is 13.2 Å². The summed E-state index contributed by atoms with van der Waals surface area (Å²) in [6.07, 6.45) is 1.57. The van der Waals surface area contributed by atoms with Crippen LogP contribution in [-0.4, -0.2) is 20.1 Å². The normalized spacial score (nSPS) is 10.7. The molecule has 0 aliphatic heterocycles. The lowest BCUT2D eigenvalue weighted by Gasteiger charge is -2.00. The quantitative estimate of drug-likeness (QED) is 0.925. The minimum atomic E-state index is -0.0295. The van der Waals surface area contributed by atoms with E-state index in [1.165, 1.54) is 0 Å². The predicted octanol–water partition coefficient (Wildman–Crippen LogP) is 1.64. The summed E-state index contributed by atoms with van der Waals surface area (Å²) < 4.78 is 2.78. The lowest BCUT2D eigenvalue weighted by molar-refractivity contribution is 0.269. The zero-order chi connectivity index (χ0) is 9.97. The van der Waals surface area contributed by atoms with E-state index in [1.54, 1.807) is 22.2 Å². The molecule has 0 bridgehead atoms. The van der Waals surface area contributed by atoms with Gasteiger partial charge < -0.3 is 5.11 Å². The van der Waals surface area contributed by atoms with Gasteiger partial charge >= 0.3 is 0 Å². The molecule has 6 heteroatoms. The van der Waals surface area contributed by atoms with Crippen molar-refractivity contribution in [2.24, 2.45) is 0 Å². The summed E-state index contributed by atoms with van der Waals surface area (Å²) in [5.74, 6) is 0. The zero-order valence-electron chi connectivity index (χ0n) is 7.22. The number of hydrogen-bond acceptors (Lipinski definition) is 4. The Hall–Kier alpha value is -0.720. The Morgan fingerprint density at radius 3 is 3.07 bits per heavy atom. The fourth-order valence-electron chi connectivity index (χ4n) is 1.14. The van der Waals surface area contributed by atoms with Crippen molar-refractivity contribution in [2.75, 3.05) is 0 Å². The van der Waals surface area contributed by atoms with Crippen molar-refractivity contribution in [3.05, 3.63) is 32.7 Å². The first-order valence-corrected chi connectivity index (χ1v) is 5.68. The van der Waals surface area contributed by atoms with Crippen LogP contribution < -0.4 is 0 Å². The SMILES string of the molecule is OCc1cnnn1Cc1csc(Br)c1. The standard InChI is InChI=1S/C8H8BrN3OS/c9-8-1-6(5-14-8)3-12-7(4-13)2-10-11-12/h1-2,5,13H,3-4H2. The number of halogens is 1. The zero-order valence-corrected chi connectivity index (χ0v) is 9.62. The van der Waals surface area contributed by atoms with Crippen LogP contribution in [0.2, 0.25) is 0 Å². The number of aliphatic hydroxyl groups excluding tert-OH is 1. The van der Waals surface area contributed by atoms with Gasteiger partial charge in [-0.1, -0.05) is 5.21 Å². The van der Waals surface area contributed by atoms with Crippen LogP contribution in [0.1, 0.15) is 11.3 Å². The van der Waals surface area contributed by atoms with Gasteiger partial charge in [0.15, 0.2) is 0 Å². The Bertz CT molecular complexity index is 426. The first-order chi connectivity index (χ1) is 6.79. The topological polar surface area (TPSA) is 50.9 Å². The lowest BCUT2D eigenvalue weighted by atomic mass is 10.3. The maximum atomic E-state index is 8.98. The number of rotatable bonds is 3. The van der Waals surface area contributed by atoms with Crippen LogP contribution in [-0.2, 0) is 13.2 Å². The number of aliphatic hydroxyl groups is 1. The molecule has 2 aromatic heterocycles. The monoisotopic (exact) mass is 273 g/mol. The molecule has 0 unspecified atom stereocenters. The fraction of sp³-hybridized carbons (Fsp3) is 0.250. The molecule has 2 heterocycles. The second kappa shape index (κ2) is 4.20. The molecule has 2 rings (SSSR count). The van der Waals surface area contributed by atoms with E-state index < -0.39 is 0 Å². The third kappa shape index (κ3) is 2.02. The van der Waals surface area contributed by atoms with Crippen molar-refractivity contribution in [1.29, 1.82) is 0 Å². The van der Waals surface area contributed by atoms with E-state index in [9.17, 15) is 0 Å². The highest BCUT2D eigenvalue weighted by Crippen LogP contribution is 2.21. The molecule has 74 valence electrons. The van der Waals surface area contributed by atoms with E-state index >= 15 is 0 Å². The van der Waals surface area contributed by atoms with Gasteiger partial charge in [0.2, 0.25) is 0 Å². The lowest BCUT2D eigenvalue weighted by Crippen LogP contribution is -2.05. The highest BCUT2D eigenvalue weighted by atomic mass is 79.9. The van der Waals surface area contributed by atoms with Gasteiger partial charge in [0.05, 0.1) is 28.8 Å². The largest absolute Gasteiger partial charge is 0.390 e. The van der Waals surface area contributed by atoms with Gasteiger partial charge in [-0.3, -0.25) is 0 Å². The summed E-state index contributed by atoms with van der Waals surface area (Å²) in [4.78, 5) is 0. The molecule has 0 atom stereocenters. The van der Waals surface area contributed by atoms with Crippen molar-refractivity contribution >= 4 is 27.3 Å². The van der Waals surface area contributed by atoms with Crippen LogP contribution in [0.3, 0.4) is 0 Å². The average Bonchev–Trinajstić information content (AvgIpc) is 2.76. The molecule has 0 amide bonds. The van der Waals surface area contributed by atoms with Crippen molar-refractivity contribution < 1.29 is 5.11 Å². The minimum absolute atomic E-state index is 0.0295. The highest BCUT2D eigenvalue weighted by molar-refractivity contribution is 9.11. The Balaban J connectivity index is 2.18. The predicted molar refractivity (Wildman–Crippen MR) is 57.1 cm³/mol. The van der Waals surface area contributed by atoms with E-state index in [0.717, 1.165) is 15.0 Å². The molecule has 0 saturated carbocycles. The van der Waals surface area contributed by atoms with Gasteiger partial charge in [-0.15, -0.1) is 16.4 Å². The van der Waals surface area contributed by atoms with E-state index in [0.29, 0.717) is 6.54 Å². The Morgan fingerprint density at radius 1 is 1.57 bits per heavy atom. The third-order valence-electron chi connectivity index (χ3n) is 1.81. The molecule has 0 spiro atoms. The number of aromatic nitrogens is 3. The molecule has 2 aromatic rings. The van der Waals surface area contributed by atoms with Crippen LogP contribution >= 0.6 is 27.3 Å². The van der Waals surface area contributed by atoms with Gasteiger partial charge in [-0.2, -0.15) is 0 Å². The molecule has 0 aliphatic carbocycles. The highest BCUT2D eigenvalue weighted by Gasteiger charge is 2.04. The summed E-state index contributed by atoms with van der Waals surface area (Å²) in [6.45, 7) is 0.621. The van der Waals surface area contributed by atoms with Gasteiger partial charge in [0.25, 0.3) is 0 Å². The third-order valence-corrected chi connectivity index (χ3v) is 3.37. The fourth-order valence-corrected chi connectivity index (χ4v) is 2.34. The molecule has 14 heavy (non-hydrogen) atoms. The van der Waals surface area contributed by atoms with Gasteiger partial charge in [0.1, 0.15) is 0 Å². The van der Waals surface area contributed by atoms with Crippen LogP contribution in [0.25, 0.3) is 0 Å². The van der Waals surface area contributed by atoms with Gasteiger partial charge in [0, 0.05) is 0 Å². The maximum absolute atomic E-state index is 8.98. The van der Waals surface area contributed by atoms with E-state index in [4.69, 9.17) is 5.11 Å². The molecule has 0 fully saturated rings. The average molecular weight is 274 g/mol. The molecule has 4 nitrogen and oxygen atoms in total. The Kier molecular flexibility index (Phi) is 2.95. The van der Waals surface area contributed by atoms with Crippen LogP contribution in [0.4, 0.5) is 0 Å². The summed E-state index contributed by atoms with van der Waals surface area (Å²) in [6, 6.07) is 2.04. The van der Waals surface area contributed by atoms with E-state index in [1.807, 2.05) is 11.4 Å². The van der Waals surface area contributed by atoms with Gasteiger partial charge in [-0.25, -0.2) is 4.68 Å². The van der Waals surface area contributed by atoms with E-state index in [-0.39, 0.29) is 6.61 Å². The summed E-state index contributed by atoms with van der Waals surface area (Å²) in [5, 5.41) is 18.7. The second-order valence-electron chi connectivity index (χ2n) is 2.80. The minimum Gasteiger partial charge on any atom is -0.390 e. The van der Waals surface area contributed by atoms with Crippen LogP contribution in [0.15, 0.2) is 21.4 Å². The number of hydrogen-bond donors (Lipinski definition) is 1. The van der Waals surface area contributed by atoms with Crippen molar-refractivity contribution in [3.63, 3.8) is 0 Å². The summed E-state index contributed by atoms with van der Waals surface area (Å²) >= 11 is 5.03. The Labute approximate surface area is 93.3 Å². The number of nitrogens with zero attached hydrogens (tertiary/aromatic N) is 3. The first kappa shape index (κ1) is 9.82. The second-order valence-corrected chi connectivity index (χ2v) is 5.09. The van der Waals surface area contributed by atoms with Crippen LogP contribution in [0.5, 0.6) is 0 Å². The molecule has 0 saturated heterocycles. The maximum Gasteiger partial charge on any atom is 0.0866 e. The summed E-state index contributed by atoms with van der Waals surface area (Å²) in [7, 11) is 0. The molecular formula is C8H8BrN3OS. The smallest absolute Gasteiger partial charge is 0.0866 e. The first-order valence-electron chi connectivity index (χ1n) is 4.00. The van der Waals surface area contributed by atoms with Crippen molar-refractivity contribution in [3.8, 4) is 0 Å². The Morgan fingerprint density at radius 2 is 2.43 bits per heavy atom. The van der Waals surface area contributed by atoms with Gasteiger partial charge in [-0.05, 0) is 32.9 Å². The van der Waals surface area contributed by atoms with Crippen LogP contribution in [0, 0.1) is 0 Å².